The third kappa shape index (κ3) is 7.05. The minimum absolute atomic E-state index is 0.000433. The molecule has 2 fully saturated rings. The van der Waals surface area contributed by atoms with Crippen LogP contribution in [0.3, 0.4) is 0 Å². The number of aromatic nitrogens is 6. The zero-order valence-corrected chi connectivity index (χ0v) is 16.6. The fraction of sp³-hybridized carbons (Fsp3) is 0.450. The van der Waals surface area contributed by atoms with Crippen LogP contribution in [0.2, 0.25) is 0 Å². The third-order valence-corrected chi connectivity index (χ3v) is 4.20. The van der Waals surface area contributed by atoms with E-state index in [1.807, 2.05) is 4.90 Å². The number of piperidine rings is 1. The Labute approximate surface area is 188 Å². The molecule has 0 spiro atoms. The Morgan fingerprint density at radius 2 is 1.57 bits per heavy atom. The summed E-state index contributed by atoms with van der Waals surface area (Å²) in [5, 5.41) is 17.9. The van der Waals surface area contributed by atoms with Gasteiger partial charge in [0.05, 0.1) is 11.0 Å². The van der Waals surface area contributed by atoms with Crippen LogP contribution in [0.1, 0.15) is 30.2 Å². The zero-order chi connectivity index (χ0) is 27.8. The van der Waals surface area contributed by atoms with Crippen LogP contribution in [-0.2, 0) is 0 Å². The molecule has 160 valence electrons. The highest BCUT2D eigenvalue weighted by Gasteiger charge is 2.18. The van der Waals surface area contributed by atoms with E-state index in [9.17, 15) is 0 Å². The summed E-state index contributed by atoms with van der Waals surface area (Å²) >= 11 is 0. The number of piperazine rings is 1. The number of hydrogen-bond donors (Lipinski definition) is 3. The number of nitrogen functional groups attached to an aromatic ring is 1. The van der Waals surface area contributed by atoms with Gasteiger partial charge in [-0.2, -0.15) is 4.68 Å². The maximum absolute atomic E-state index is 7.92. The van der Waals surface area contributed by atoms with Gasteiger partial charge in [-0.3, -0.25) is 0 Å². The molecule has 2 aliphatic heterocycles. The average molecular weight is 419 g/mol. The van der Waals surface area contributed by atoms with Gasteiger partial charge in [0.15, 0.2) is 5.82 Å². The van der Waals surface area contributed by atoms with Gasteiger partial charge in [0.1, 0.15) is 5.82 Å². The summed E-state index contributed by atoms with van der Waals surface area (Å²) in [6.07, 6.45) is 3.49. The first-order chi connectivity index (χ1) is 18.1. The molecule has 0 saturated carbocycles. The van der Waals surface area contributed by atoms with Gasteiger partial charge in [-0.25, -0.2) is 9.97 Å². The number of nitrogens with zero attached hydrogens (tertiary/aromatic N) is 7. The Bertz CT molecular complexity index is 1190. The second kappa shape index (κ2) is 12.5. The van der Waals surface area contributed by atoms with E-state index in [-0.39, 0.29) is 60.2 Å². The van der Waals surface area contributed by atoms with Gasteiger partial charge in [0, 0.05) is 38.5 Å². The summed E-state index contributed by atoms with van der Waals surface area (Å²) in [6.45, 7) is 5.53. The molecular formula is C20H30N10. The summed E-state index contributed by atoms with van der Waals surface area (Å²) < 4.78 is 60.3. The van der Waals surface area contributed by atoms with Crippen LogP contribution in [0.15, 0.2) is 48.6 Å². The molecule has 3 aromatic heterocycles. The molecule has 4 N–H and O–H groups in total. The van der Waals surface area contributed by atoms with Gasteiger partial charge in [-0.05, 0) is 60.5 Å². The Balaban J connectivity index is 0.000000195. The second-order valence-corrected chi connectivity index (χ2v) is 6.34. The number of tetrazole rings is 1. The summed E-state index contributed by atoms with van der Waals surface area (Å²) in [6, 6.07) is -1.98. The minimum atomic E-state index is -0.374. The van der Waals surface area contributed by atoms with Crippen molar-refractivity contribution in [1.82, 2.24) is 40.8 Å². The smallest absolute Gasteiger partial charge is 0.251 e. The van der Waals surface area contributed by atoms with Crippen molar-refractivity contribution in [3.63, 3.8) is 0 Å². The van der Waals surface area contributed by atoms with E-state index in [0.29, 0.717) is 19.0 Å². The molecule has 0 unspecified atom stereocenters. The summed E-state index contributed by atoms with van der Waals surface area (Å²) in [5.41, 5.74) is 5.17. The molecule has 10 heteroatoms. The Morgan fingerprint density at radius 1 is 0.867 bits per heavy atom. The normalized spacial score (nSPS) is 19.7. The molecule has 0 aromatic carbocycles. The van der Waals surface area contributed by atoms with E-state index >= 15 is 0 Å². The SMILES string of the molecule is C1CCNCC1.[2H]c1nc(-n2nnnc2N2CCNCC2)c([2H])c([2H])c1[2H].[2H]c1nc(N)c([2H])c([2H])c1[2H]. The average Bonchev–Trinajstić information content (AvgIpc) is 3.43. The topological polar surface area (TPSA) is 123 Å². The molecule has 2 saturated heterocycles. The lowest BCUT2D eigenvalue weighted by Gasteiger charge is -2.27. The van der Waals surface area contributed by atoms with E-state index in [0.717, 1.165) is 13.1 Å². The molecular weight excluding hydrogens is 380 g/mol. The molecule has 0 bridgehead atoms. The number of nitrogens with two attached hydrogens (primary N) is 1. The van der Waals surface area contributed by atoms with Crippen molar-refractivity contribution in [3.05, 3.63) is 48.6 Å². The molecule has 0 radical (unpaired) electrons. The zero-order valence-electron chi connectivity index (χ0n) is 24.6. The molecule has 5 rings (SSSR count). The molecule has 30 heavy (non-hydrogen) atoms. The molecule has 3 aromatic rings. The largest absolute Gasteiger partial charge is 0.384 e. The molecule has 0 atom stereocenters. The number of rotatable bonds is 2. The Hall–Kier alpha value is -3.11. The van der Waals surface area contributed by atoms with Crippen molar-refractivity contribution < 1.29 is 11.0 Å². The summed E-state index contributed by atoms with van der Waals surface area (Å²) in [5.74, 6) is 0.254. The Kier molecular flexibility index (Phi) is 5.50. The first-order valence-electron chi connectivity index (χ1n) is 13.7. The fourth-order valence-corrected chi connectivity index (χ4v) is 2.75. The lowest BCUT2D eigenvalue weighted by molar-refractivity contribution is 0.520. The third-order valence-electron chi connectivity index (χ3n) is 4.20. The number of nitrogens with one attached hydrogen (secondary N) is 2. The van der Waals surface area contributed by atoms with Crippen molar-refractivity contribution in [2.45, 2.75) is 19.3 Å². The van der Waals surface area contributed by atoms with Crippen molar-refractivity contribution in [2.24, 2.45) is 0 Å². The maximum Gasteiger partial charge on any atom is 0.251 e. The highest BCUT2D eigenvalue weighted by molar-refractivity contribution is 5.36. The van der Waals surface area contributed by atoms with Gasteiger partial charge in [-0.1, -0.05) is 23.6 Å². The number of hydrogen-bond acceptors (Lipinski definition) is 9. The van der Waals surface area contributed by atoms with E-state index in [1.165, 1.54) is 37.0 Å². The first-order valence-corrected chi connectivity index (χ1v) is 9.72. The second-order valence-electron chi connectivity index (χ2n) is 6.34. The number of anilines is 2. The highest BCUT2D eigenvalue weighted by atomic mass is 15.6. The van der Waals surface area contributed by atoms with Crippen LogP contribution in [0.5, 0.6) is 0 Å². The van der Waals surface area contributed by atoms with Crippen molar-refractivity contribution >= 4 is 11.8 Å². The van der Waals surface area contributed by atoms with E-state index in [4.69, 9.17) is 16.7 Å². The highest BCUT2D eigenvalue weighted by Crippen LogP contribution is 2.13. The van der Waals surface area contributed by atoms with Crippen LogP contribution >= 0.6 is 0 Å². The van der Waals surface area contributed by atoms with E-state index < -0.39 is 0 Å². The Morgan fingerprint density at radius 3 is 2.27 bits per heavy atom. The molecule has 2 aliphatic rings. The van der Waals surface area contributed by atoms with Crippen LogP contribution in [0.25, 0.3) is 5.82 Å². The predicted octanol–water partition coefficient (Wildman–Crippen LogP) is 0.891. The van der Waals surface area contributed by atoms with Gasteiger partial charge in [0.25, 0.3) is 5.95 Å². The van der Waals surface area contributed by atoms with Crippen LogP contribution in [0, 0.1) is 0 Å². The summed E-state index contributed by atoms with van der Waals surface area (Å²) in [7, 11) is 0. The minimum Gasteiger partial charge on any atom is -0.384 e. The monoisotopic (exact) mass is 418 g/mol. The van der Waals surface area contributed by atoms with Crippen molar-refractivity contribution in [2.75, 3.05) is 49.9 Å². The molecule has 0 amide bonds. The maximum atomic E-state index is 7.92. The standard InChI is InChI=1S/C10H13N7.C5H6N2.C5H11N/c1-2-4-12-9(3-1)17-10(13-14-15-17)16-7-5-11-6-8-16;6-5-3-1-2-4-7-5;1-2-4-6-5-3-1/h1-4,11H,5-8H2;1-4H,(H2,6,7);6H,1-5H2/i2*1D,2D,3D,4D;. The lowest BCUT2D eigenvalue weighted by Crippen LogP contribution is -2.44. The molecule has 10 nitrogen and oxygen atoms in total. The van der Waals surface area contributed by atoms with Gasteiger partial charge in [-0.15, -0.1) is 0 Å². The first kappa shape index (κ1) is 13.2. The fourth-order valence-electron chi connectivity index (χ4n) is 2.75. The molecule has 5 heterocycles. The number of pyridine rings is 2. The van der Waals surface area contributed by atoms with Crippen LogP contribution in [0.4, 0.5) is 11.8 Å². The van der Waals surface area contributed by atoms with Gasteiger partial charge >= 0.3 is 0 Å². The van der Waals surface area contributed by atoms with Gasteiger partial charge < -0.3 is 21.3 Å². The lowest BCUT2D eigenvalue weighted by atomic mass is 10.2. The predicted molar refractivity (Wildman–Crippen MR) is 117 cm³/mol. The van der Waals surface area contributed by atoms with Crippen molar-refractivity contribution in [1.29, 1.82) is 0 Å². The van der Waals surface area contributed by atoms with Gasteiger partial charge in [0.2, 0.25) is 0 Å². The van der Waals surface area contributed by atoms with E-state index in [1.54, 1.807) is 0 Å². The van der Waals surface area contributed by atoms with Crippen molar-refractivity contribution in [3.8, 4) is 5.82 Å². The van der Waals surface area contributed by atoms with E-state index in [2.05, 4.69) is 36.1 Å². The summed E-state index contributed by atoms with van der Waals surface area (Å²) in [4.78, 5) is 9.21. The van der Waals surface area contributed by atoms with Crippen LogP contribution in [-0.4, -0.2) is 69.4 Å². The quantitative estimate of drug-likeness (QED) is 0.557. The van der Waals surface area contributed by atoms with Crippen LogP contribution < -0.4 is 21.3 Å². The molecule has 0 aliphatic carbocycles.